The molecule has 0 radical (unpaired) electrons. The smallest absolute Gasteiger partial charge is 0.410 e. The number of piperazine rings is 2. The topological polar surface area (TPSA) is 303 Å². The van der Waals surface area contributed by atoms with Crippen LogP contribution in [0.15, 0.2) is 115 Å². The van der Waals surface area contributed by atoms with Crippen LogP contribution in [0, 0.1) is 32.6 Å². The summed E-state index contributed by atoms with van der Waals surface area (Å²) < 4.78 is 28.4. The first-order valence-corrected chi connectivity index (χ1v) is 26.8. The van der Waals surface area contributed by atoms with Gasteiger partial charge in [-0.05, 0) is 35.4 Å². The molecule has 2 aliphatic heterocycles. The Hall–Kier alpha value is -9.32. The fourth-order valence-corrected chi connectivity index (χ4v) is 8.65. The number of nitro benzene ring substituents is 2. The fourth-order valence-electron chi connectivity index (χ4n) is 8.65. The summed E-state index contributed by atoms with van der Waals surface area (Å²) in [5.41, 5.74) is 2.11. The van der Waals surface area contributed by atoms with E-state index >= 15 is 0 Å². The van der Waals surface area contributed by atoms with Crippen molar-refractivity contribution in [1.29, 1.82) is 0 Å². The van der Waals surface area contributed by atoms with E-state index in [1.54, 1.807) is 27.8 Å². The predicted molar refractivity (Wildman–Crippen MR) is 299 cm³/mol. The van der Waals surface area contributed by atoms with Crippen LogP contribution in [0.5, 0.6) is 11.5 Å². The van der Waals surface area contributed by atoms with Gasteiger partial charge in [-0.25, -0.2) is 14.3 Å². The van der Waals surface area contributed by atoms with Gasteiger partial charge >= 0.3 is 12.2 Å². The molecular weight excluding hydrogens is 1080 g/mol. The van der Waals surface area contributed by atoms with Crippen LogP contribution in [0.2, 0.25) is 0 Å². The van der Waals surface area contributed by atoms with Crippen molar-refractivity contribution in [2.75, 3.05) is 92.5 Å². The molecule has 2 atom stereocenters. The van der Waals surface area contributed by atoms with Crippen molar-refractivity contribution >= 4 is 47.2 Å². The maximum absolute atomic E-state index is 13.2. The minimum atomic E-state index is -0.683. The Morgan fingerprint density at radius 1 is 0.627 bits per heavy atom. The van der Waals surface area contributed by atoms with E-state index in [-0.39, 0.29) is 118 Å². The standard InChI is InChI=1S/C32H41N7O9.C25H26N4O6/c1-45-17-18-47-20-19-46-16-15-37-23-26(34-35-37)7-12-31(41)36-13-14-38(32(42)48-29-10-8-27(9-11-29)39(43)44)28(24-36)22-33-30(40)21-25-5-3-2-4-6-25;1-2-3-9-24(31)27-14-15-28(25(32)35-22-12-10-20(11-13-22)29(33)34)21(18-27)17-26-23(30)16-19-7-5-4-6-8-19/h2-6,8-11,23,28H,7,12-22,24H2,1H3,(H,33,40);1,4-8,10-13,21H,3,9,14-18H2,(H,26,30). The van der Waals surface area contributed by atoms with E-state index in [4.69, 9.17) is 30.1 Å². The summed E-state index contributed by atoms with van der Waals surface area (Å²) >= 11 is 0. The van der Waals surface area contributed by atoms with Crippen molar-refractivity contribution in [3.8, 4) is 23.8 Å². The van der Waals surface area contributed by atoms with E-state index in [1.165, 1.54) is 58.3 Å². The van der Waals surface area contributed by atoms with Gasteiger partial charge in [0.2, 0.25) is 23.6 Å². The number of ether oxygens (including phenoxy) is 5. The Balaban J connectivity index is 0.000000280. The Labute approximate surface area is 479 Å². The minimum absolute atomic E-state index is 0.0977. The quantitative estimate of drug-likeness (QED) is 0.0338. The second-order valence-corrected chi connectivity index (χ2v) is 18.9. The molecule has 0 saturated carbocycles. The van der Waals surface area contributed by atoms with Gasteiger partial charge in [0.1, 0.15) is 11.5 Å². The molecular formula is C57H67N11O15. The van der Waals surface area contributed by atoms with Crippen LogP contribution in [0.25, 0.3) is 0 Å². The SMILES string of the molecule is C#CCCC(=O)N1CCN(C(=O)Oc2ccc([N+](=O)[O-])cc2)C(CNC(=O)Cc2ccccc2)C1.COCCOCCOCCn1cc(CCC(=O)N2CCN(C(=O)Oc3ccc([N+](=O)[O-])cc3)C(CNC(=O)Cc3ccccc3)C2)nn1. The van der Waals surface area contributed by atoms with Crippen LogP contribution >= 0.6 is 0 Å². The zero-order valence-corrected chi connectivity index (χ0v) is 46.0. The number of carbonyl (C=O) groups is 6. The number of carbonyl (C=O) groups excluding carboxylic acids is 6. The summed E-state index contributed by atoms with van der Waals surface area (Å²) in [5.74, 6) is 2.06. The number of nitrogens with zero attached hydrogens (tertiary/aromatic N) is 9. The first-order chi connectivity index (χ1) is 40.2. The number of nitrogens with one attached hydrogen (secondary N) is 2. The molecule has 2 saturated heterocycles. The molecule has 3 heterocycles. The van der Waals surface area contributed by atoms with E-state index < -0.39 is 34.1 Å². The average molecular weight is 1150 g/mol. The number of non-ortho nitro benzene ring substituents is 2. The van der Waals surface area contributed by atoms with E-state index in [0.29, 0.717) is 64.7 Å². The molecule has 1 aromatic heterocycles. The summed E-state index contributed by atoms with van der Waals surface area (Å²) in [6, 6.07) is 27.8. The van der Waals surface area contributed by atoms with Crippen molar-refractivity contribution in [2.24, 2.45) is 0 Å². The highest BCUT2D eigenvalue weighted by Crippen LogP contribution is 2.22. The summed E-state index contributed by atoms with van der Waals surface area (Å²) in [5, 5.41) is 35.8. The third-order valence-corrected chi connectivity index (χ3v) is 13.1. The zero-order valence-electron chi connectivity index (χ0n) is 46.0. The molecule has 2 N–H and O–H groups in total. The van der Waals surface area contributed by atoms with E-state index in [9.17, 15) is 49.0 Å². The lowest BCUT2D eigenvalue weighted by molar-refractivity contribution is -0.385. The molecule has 83 heavy (non-hydrogen) atoms. The molecule has 2 unspecified atom stereocenters. The maximum Gasteiger partial charge on any atom is 0.415 e. The van der Waals surface area contributed by atoms with Crippen molar-refractivity contribution in [2.45, 2.75) is 57.2 Å². The van der Waals surface area contributed by atoms with Gasteiger partial charge in [-0.1, -0.05) is 65.9 Å². The second kappa shape index (κ2) is 33.4. The van der Waals surface area contributed by atoms with Gasteiger partial charge in [0.15, 0.2) is 0 Å². The van der Waals surface area contributed by atoms with Crippen molar-refractivity contribution in [3.05, 3.63) is 152 Å². The number of aryl methyl sites for hydroxylation is 1. The molecule has 0 spiro atoms. The molecule has 5 aromatic rings. The molecule has 0 bridgehead atoms. The lowest BCUT2D eigenvalue weighted by Gasteiger charge is -2.40. The number of methoxy groups -OCH3 is 1. The summed E-state index contributed by atoms with van der Waals surface area (Å²) in [4.78, 5) is 104. The Morgan fingerprint density at radius 3 is 1.54 bits per heavy atom. The molecule has 4 aromatic carbocycles. The molecule has 6 amide bonds. The molecule has 440 valence electrons. The number of benzene rings is 4. The van der Waals surface area contributed by atoms with Crippen LogP contribution in [0.1, 0.15) is 36.1 Å². The Morgan fingerprint density at radius 2 is 1.08 bits per heavy atom. The third-order valence-electron chi connectivity index (χ3n) is 13.1. The molecule has 2 fully saturated rings. The van der Waals surface area contributed by atoms with Crippen LogP contribution < -0.4 is 20.1 Å². The normalized spacial score (nSPS) is 14.7. The van der Waals surface area contributed by atoms with Gasteiger partial charge in [0, 0.05) is 116 Å². The first-order valence-electron chi connectivity index (χ1n) is 26.8. The number of amides is 6. The number of rotatable bonds is 26. The van der Waals surface area contributed by atoms with Crippen molar-refractivity contribution in [3.63, 3.8) is 0 Å². The van der Waals surface area contributed by atoms with Gasteiger partial charge in [0.05, 0.1) is 80.0 Å². The molecule has 2 aliphatic rings. The van der Waals surface area contributed by atoms with Gasteiger partial charge in [-0.2, -0.15) is 0 Å². The van der Waals surface area contributed by atoms with Gasteiger partial charge < -0.3 is 44.1 Å². The Bertz CT molecular complexity index is 2960. The Kier molecular flexibility index (Phi) is 25.3. The average Bonchev–Trinajstić information content (AvgIpc) is 4.04. The maximum atomic E-state index is 13.2. The minimum Gasteiger partial charge on any atom is -0.410 e. The number of nitro groups is 2. The molecule has 0 aliphatic carbocycles. The van der Waals surface area contributed by atoms with E-state index in [1.807, 2.05) is 60.7 Å². The van der Waals surface area contributed by atoms with Crippen LogP contribution in [-0.4, -0.2) is 185 Å². The first kappa shape index (κ1) is 62.9. The van der Waals surface area contributed by atoms with E-state index in [0.717, 1.165) is 11.1 Å². The van der Waals surface area contributed by atoms with E-state index in [2.05, 4.69) is 26.9 Å². The number of aromatic nitrogens is 3. The largest absolute Gasteiger partial charge is 0.415 e. The van der Waals surface area contributed by atoms with Gasteiger partial charge in [-0.3, -0.25) is 49.2 Å². The molecule has 26 heteroatoms. The fraction of sp³-hybridized carbons (Fsp3) is 0.404. The van der Waals surface area contributed by atoms with Crippen LogP contribution in [-0.2, 0) is 59.2 Å². The molecule has 26 nitrogen and oxygen atoms in total. The summed E-state index contributed by atoms with van der Waals surface area (Å²) in [7, 11) is 1.62. The second-order valence-electron chi connectivity index (χ2n) is 18.9. The third kappa shape index (κ3) is 21.3. The van der Waals surface area contributed by atoms with Crippen LogP contribution in [0.3, 0.4) is 0 Å². The lowest BCUT2D eigenvalue weighted by Crippen LogP contribution is -2.60. The number of hydrogen-bond donors (Lipinski definition) is 2. The predicted octanol–water partition coefficient (Wildman–Crippen LogP) is 4.25. The summed E-state index contributed by atoms with van der Waals surface area (Å²) in [6.07, 6.45) is 7.14. The molecule has 7 rings (SSSR count). The van der Waals surface area contributed by atoms with Crippen molar-refractivity contribution in [1.82, 2.24) is 45.2 Å². The lowest BCUT2D eigenvalue weighted by atomic mass is 10.1. The zero-order chi connectivity index (χ0) is 59.3. The van der Waals surface area contributed by atoms with Gasteiger partial charge in [0.25, 0.3) is 11.4 Å². The number of terminal acetylenes is 1. The van der Waals surface area contributed by atoms with Crippen molar-refractivity contribution < 1.29 is 62.3 Å². The van der Waals surface area contributed by atoms with Crippen LogP contribution in [0.4, 0.5) is 21.0 Å². The highest BCUT2D eigenvalue weighted by molar-refractivity contribution is 5.81. The highest BCUT2D eigenvalue weighted by atomic mass is 16.6. The summed E-state index contributed by atoms with van der Waals surface area (Å²) in [6.45, 7) is 4.49. The van der Waals surface area contributed by atoms with Gasteiger partial charge in [-0.15, -0.1) is 17.4 Å². The number of hydrogen-bond acceptors (Lipinski definition) is 17. The monoisotopic (exact) mass is 1150 g/mol. The highest BCUT2D eigenvalue weighted by Gasteiger charge is 2.35.